The zero-order chi connectivity index (χ0) is 20.4. The molecule has 1 heterocycles. The maximum absolute atomic E-state index is 12.6. The molecule has 0 aliphatic heterocycles. The molecule has 0 fully saturated rings. The van der Waals surface area contributed by atoms with Crippen molar-refractivity contribution in [3.8, 4) is 0 Å². The number of amides is 2. The second kappa shape index (κ2) is 8.01. The fraction of sp³-hybridized carbons (Fsp3) is 0.130. The summed E-state index contributed by atoms with van der Waals surface area (Å²) in [5.74, 6) is -0.120. The summed E-state index contributed by atoms with van der Waals surface area (Å²) in [7, 11) is 3.43. The van der Waals surface area contributed by atoms with Crippen LogP contribution in [0.3, 0.4) is 0 Å². The van der Waals surface area contributed by atoms with Gasteiger partial charge in [0, 0.05) is 35.6 Å². The van der Waals surface area contributed by atoms with E-state index in [-0.39, 0.29) is 17.6 Å². The maximum Gasteiger partial charge on any atom is 0.285 e. The van der Waals surface area contributed by atoms with E-state index in [2.05, 4.69) is 5.32 Å². The quantitative estimate of drug-likeness (QED) is 0.454. The van der Waals surface area contributed by atoms with Crippen molar-refractivity contribution in [2.45, 2.75) is 11.3 Å². The van der Waals surface area contributed by atoms with E-state index in [4.69, 9.17) is 4.42 Å². The van der Waals surface area contributed by atoms with Crippen LogP contribution in [0.1, 0.15) is 5.56 Å². The number of carbonyl (C=O) groups is 2. The third-order valence-corrected chi connectivity index (χ3v) is 5.65. The number of thioether (sulfide) groups is 1. The minimum atomic E-state index is -0.120. The lowest BCUT2D eigenvalue weighted by Crippen LogP contribution is -2.16. The SMILES string of the molecule is CN(C)C(=O)Sc1ccc(NC(=O)Cc2coc3ccc4ccccc4c23)cc1. The Morgan fingerprint density at radius 3 is 2.52 bits per heavy atom. The normalized spacial score (nSPS) is 11.0. The topological polar surface area (TPSA) is 62.6 Å². The van der Waals surface area contributed by atoms with Crippen LogP contribution in [-0.2, 0) is 11.2 Å². The molecule has 0 unspecified atom stereocenters. The van der Waals surface area contributed by atoms with Crippen molar-refractivity contribution < 1.29 is 14.0 Å². The molecule has 1 aromatic heterocycles. The number of rotatable bonds is 4. The summed E-state index contributed by atoms with van der Waals surface area (Å²) in [6.07, 6.45) is 1.87. The first-order valence-corrected chi connectivity index (χ1v) is 10.00. The van der Waals surface area contributed by atoms with Crippen molar-refractivity contribution in [1.82, 2.24) is 4.90 Å². The van der Waals surface area contributed by atoms with Crippen LogP contribution in [0, 0.1) is 0 Å². The van der Waals surface area contributed by atoms with Crippen LogP contribution >= 0.6 is 11.8 Å². The van der Waals surface area contributed by atoms with Gasteiger partial charge in [-0.3, -0.25) is 9.59 Å². The molecule has 3 aromatic carbocycles. The van der Waals surface area contributed by atoms with Crippen molar-refractivity contribution in [2.75, 3.05) is 19.4 Å². The molecule has 4 rings (SSSR count). The summed E-state index contributed by atoms with van der Waals surface area (Å²) in [5, 5.41) is 6.04. The Balaban J connectivity index is 1.49. The number of carbonyl (C=O) groups excluding carboxylic acids is 2. The Morgan fingerprint density at radius 2 is 1.76 bits per heavy atom. The number of nitrogens with one attached hydrogen (secondary N) is 1. The van der Waals surface area contributed by atoms with Gasteiger partial charge in [-0.05, 0) is 52.9 Å². The molecule has 0 bridgehead atoms. The molecule has 5 nitrogen and oxygen atoms in total. The van der Waals surface area contributed by atoms with Crippen LogP contribution in [0.2, 0.25) is 0 Å². The van der Waals surface area contributed by atoms with Gasteiger partial charge in [-0.15, -0.1) is 0 Å². The highest BCUT2D eigenvalue weighted by Gasteiger charge is 2.14. The Morgan fingerprint density at radius 1 is 1.00 bits per heavy atom. The second-order valence-corrected chi connectivity index (χ2v) is 7.96. The van der Waals surface area contributed by atoms with Gasteiger partial charge in [0.05, 0.1) is 12.7 Å². The van der Waals surface area contributed by atoms with Crippen LogP contribution < -0.4 is 5.32 Å². The number of nitrogens with zero attached hydrogens (tertiary/aromatic N) is 1. The van der Waals surface area contributed by atoms with Crippen molar-refractivity contribution >= 4 is 50.3 Å². The molecule has 1 N–H and O–H groups in total. The molecular formula is C23H20N2O3S. The molecule has 0 spiro atoms. The van der Waals surface area contributed by atoms with E-state index in [9.17, 15) is 9.59 Å². The average Bonchev–Trinajstić information content (AvgIpc) is 3.12. The highest BCUT2D eigenvalue weighted by atomic mass is 32.2. The second-order valence-electron chi connectivity index (χ2n) is 6.93. The summed E-state index contributed by atoms with van der Waals surface area (Å²) in [4.78, 5) is 26.7. The predicted molar refractivity (Wildman–Crippen MR) is 117 cm³/mol. The summed E-state index contributed by atoms with van der Waals surface area (Å²) in [6.45, 7) is 0. The highest BCUT2D eigenvalue weighted by molar-refractivity contribution is 8.13. The summed E-state index contributed by atoms with van der Waals surface area (Å²) < 4.78 is 5.66. The minimum Gasteiger partial charge on any atom is -0.464 e. The lowest BCUT2D eigenvalue weighted by Gasteiger charge is -2.10. The molecule has 0 aliphatic carbocycles. The Kier molecular flexibility index (Phi) is 5.27. The van der Waals surface area contributed by atoms with E-state index in [1.54, 1.807) is 32.5 Å². The van der Waals surface area contributed by atoms with Gasteiger partial charge in [-0.1, -0.05) is 30.3 Å². The first-order chi connectivity index (χ1) is 14.0. The predicted octanol–water partition coefficient (Wildman–Crippen LogP) is 5.54. The molecule has 0 aliphatic rings. The van der Waals surface area contributed by atoms with Crippen molar-refractivity contribution in [2.24, 2.45) is 0 Å². The largest absolute Gasteiger partial charge is 0.464 e. The van der Waals surface area contributed by atoms with Gasteiger partial charge in [0.2, 0.25) is 5.91 Å². The van der Waals surface area contributed by atoms with E-state index in [0.717, 1.165) is 44.0 Å². The molecule has 29 heavy (non-hydrogen) atoms. The van der Waals surface area contributed by atoms with E-state index < -0.39 is 0 Å². The highest BCUT2D eigenvalue weighted by Crippen LogP contribution is 2.30. The zero-order valence-corrected chi connectivity index (χ0v) is 17.0. The molecule has 0 saturated heterocycles. The van der Waals surface area contributed by atoms with Crippen LogP contribution in [0.4, 0.5) is 10.5 Å². The Bertz CT molecular complexity index is 1200. The van der Waals surface area contributed by atoms with Gasteiger partial charge in [0.25, 0.3) is 5.24 Å². The van der Waals surface area contributed by atoms with Gasteiger partial charge in [0.1, 0.15) is 5.58 Å². The number of fused-ring (bicyclic) bond motifs is 3. The van der Waals surface area contributed by atoms with E-state index in [0.29, 0.717) is 5.69 Å². The zero-order valence-electron chi connectivity index (χ0n) is 16.1. The van der Waals surface area contributed by atoms with Gasteiger partial charge >= 0.3 is 0 Å². The molecule has 0 atom stereocenters. The number of hydrogen-bond donors (Lipinski definition) is 1. The molecule has 4 aromatic rings. The fourth-order valence-electron chi connectivity index (χ4n) is 3.18. The fourth-order valence-corrected chi connectivity index (χ4v) is 3.84. The number of furan rings is 1. The number of benzene rings is 3. The molecule has 146 valence electrons. The minimum absolute atomic E-state index is 0.0409. The van der Waals surface area contributed by atoms with Crippen LogP contribution in [-0.4, -0.2) is 30.1 Å². The van der Waals surface area contributed by atoms with Crippen LogP contribution in [0.25, 0.3) is 21.7 Å². The van der Waals surface area contributed by atoms with Crippen molar-refractivity contribution in [3.05, 3.63) is 72.5 Å². The first-order valence-electron chi connectivity index (χ1n) is 9.18. The lowest BCUT2D eigenvalue weighted by molar-refractivity contribution is -0.115. The lowest BCUT2D eigenvalue weighted by atomic mass is 10.0. The average molecular weight is 404 g/mol. The van der Waals surface area contributed by atoms with E-state index >= 15 is 0 Å². The maximum atomic E-state index is 12.6. The third-order valence-electron chi connectivity index (χ3n) is 4.60. The summed E-state index contributed by atoms with van der Waals surface area (Å²) >= 11 is 1.15. The number of hydrogen-bond acceptors (Lipinski definition) is 4. The van der Waals surface area contributed by atoms with E-state index in [1.807, 2.05) is 48.5 Å². The summed E-state index contributed by atoms with van der Waals surface area (Å²) in [5.41, 5.74) is 2.32. The smallest absolute Gasteiger partial charge is 0.285 e. The van der Waals surface area contributed by atoms with Crippen LogP contribution in [0.15, 0.2) is 76.2 Å². The summed E-state index contributed by atoms with van der Waals surface area (Å²) in [6, 6.07) is 19.3. The van der Waals surface area contributed by atoms with E-state index in [1.165, 1.54) is 4.90 Å². The van der Waals surface area contributed by atoms with Crippen LogP contribution in [0.5, 0.6) is 0 Å². The standard InChI is InChI=1S/C23H20N2O3S/c1-25(2)23(27)29-18-10-8-17(9-11-18)24-21(26)13-16-14-28-20-12-7-15-5-3-4-6-19(15)22(16)20/h3-12,14H,13H2,1-2H3,(H,24,26). The van der Waals surface area contributed by atoms with Crippen molar-refractivity contribution in [3.63, 3.8) is 0 Å². The molecule has 0 saturated carbocycles. The van der Waals surface area contributed by atoms with Gasteiger partial charge in [-0.2, -0.15) is 0 Å². The Labute approximate surface area is 172 Å². The monoisotopic (exact) mass is 404 g/mol. The van der Waals surface area contributed by atoms with Gasteiger partial charge < -0.3 is 14.6 Å². The molecule has 0 radical (unpaired) electrons. The van der Waals surface area contributed by atoms with Gasteiger partial charge in [-0.25, -0.2) is 0 Å². The van der Waals surface area contributed by atoms with Gasteiger partial charge in [0.15, 0.2) is 0 Å². The Hall–Kier alpha value is -3.25. The number of anilines is 1. The first kappa shape index (κ1) is 19.1. The molecule has 6 heteroatoms. The third kappa shape index (κ3) is 4.12. The molecule has 2 amide bonds. The van der Waals surface area contributed by atoms with Crippen molar-refractivity contribution in [1.29, 1.82) is 0 Å². The molecular weight excluding hydrogens is 384 g/mol.